The zero-order valence-electron chi connectivity index (χ0n) is 10.8. The number of aromatic nitrogens is 3. The number of nitrogen functional groups attached to an aromatic ring is 1. The van der Waals surface area contributed by atoms with E-state index in [4.69, 9.17) is 22.6 Å². The quantitative estimate of drug-likeness (QED) is 0.812. The minimum absolute atomic E-state index is 0.0325. The number of nitrogens with two attached hydrogens (primary N) is 1. The van der Waals surface area contributed by atoms with Gasteiger partial charge < -0.3 is 11.1 Å². The highest BCUT2D eigenvalue weighted by atomic mass is 35.5. The number of anilines is 2. The lowest BCUT2D eigenvalue weighted by atomic mass is 10.3. The molecule has 0 saturated heterocycles. The summed E-state index contributed by atoms with van der Waals surface area (Å²) in [4.78, 5) is 12.0. The lowest BCUT2D eigenvalue weighted by Gasteiger charge is -2.08. The third-order valence-corrected chi connectivity index (χ3v) is 3.53. The van der Waals surface area contributed by atoms with E-state index in [0.29, 0.717) is 15.9 Å². The minimum Gasteiger partial charge on any atom is -0.368 e. The van der Waals surface area contributed by atoms with Gasteiger partial charge in [0, 0.05) is 10.7 Å². The number of hydrogen-bond acceptors (Lipinski definition) is 6. The molecule has 21 heavy (non-hydrogen) atoms. The normalized spacial score (nSPS) is 10.1. The molecule has 0 fully saturated rings. The monoisotopic (exact) mass is 322 g/mol. The number of amides is 1. The van der Waals surface area contributed by atoms with Crippen LogP contribution in [0.3, 0.4) is 0 Å². The van der Waals surface area contributed by atoms with Gasteiger partial charge in [-0.1, -0.05) is 23.4 Å². The molecule has 7 nitrogen and oxygen atoms in total. The second kappa shape index (κ2) is 6.97. The fourth-order valence-electron chi connectivity index (χ4n) is 1.53. The molecule has 0 bridgehead atoms. The average Bonchev–Trinajstić information content (AvgIpc) is 2.80. The molecule has 0 radical (unpaired) electrons. The summed E-state index contributed by atoms with van der Waals surface area (Å²) in [5.74, 6) is 0.0565. The predicted molar refractivity (Wildman–Crippen MR) is 80.9 cm³/mol. The van der Waals surface area contributed by atoms with Crippen LogP contribution in [0.4, 0.5) is 11.6 Å². The fourth-order valence-corrected chi connectivity index (χ4v) is 2.26. The first-order valence-electron chi connectivity index (χ1n) is 5.84. The summed E-state index contributed by atoms with van der Waals surface area (Å²) in [6.07, 6.45) is 0. The molecule has 0 aliphatic heterocycles. The Morgan fingerprint density at radius 1 is 1.43 bits per heavy atom. The van der Waals surface area contributed by atoms with E-state index >= 15 is 0 Å². The van der Waals surface area contributed by atoms with Gasteiger partial charge in [0.05, 0.1) is 11.8 Å². The van der Waals surface area contributed by atoms with Crippen LogP contribution >= 0.6 is 23.4 Å². The zero-order valence-corrected chi connectivity index (χ0v) is 12.4. The molecule has 1 heterocycles. The maximum absolute atomic E-state index is 12.0. The Hall–Kier alpha value is -2.24. The number of hydrogen-bond donors (Lipinski definition) is 2. The van der Waals surface area contributed by atoms with Crippen LogP contribution in [0.2, 0.25) is 5.02 Å². The highest BCUT2D eigenvalue weighted by molar-refractivity contribution is 7.99. The van der Waals surface area contributed by atoms with Crippen molar-refractivity contribution >= 4 is 40.9 Å². The number of thioether (sulfide) groups is 1. The zero-order chi connectivity index (χ0) is 15.2. The van der Waals surface area contributed by atoms with Crippen molar-refractivity contribution < 1.29 is 4.79 Å². The van der Waals surface area contributed by atoms with Gasteiger partial charge in [0.25, 0.3) is 0 Å². The van der Waals surface area contributed by atoms with Crippen LogP contribution in [0.5, 0.6) is 0 Å². The molecule has 9 heteroatoms. The molecule has 2 aromatic rings. The first-order chi connectivity index (χ1) is 10.1. The highest BCUT2D eigenvalue weighted by Crippen LogP contribution is 2.18. The van der Waals surface area contributed by atoms with Gasteiger partial charge in [0.15, 0.2) is 5.16 Å². The van der Waals surface area contributed by atoms with Crippen LogP contribution < -0.4 is 11.1 Å². The lowest BCUT2D eigenvalue weighted by molar-refractivity contribution is -0.116. The summed E-state index contributed by atoms with van der Waals surface area (Å²) in [5, 5.41) is 19.8. The van der Waals surface area contributed by atoms with Gasteiger partial charge in [-0.15, -0.1) is 10.2 Å². The van der Waals surface area contributed by atoms with Crippen molar-refractivity contribution in [1.29, 1.82) is 5.26 Å². The van der Waals surface area contributed by atoms with Gasteiger partial charge in [-0.3, -0.25) is 9.36 Å². The number of rotatable bonds is 5. The second-order valence-corrected chi connectivity index (χ2v) is 5.31. The SMILES string of the molecule is N#CCSc1nnc(N)n1CC(=O)Nc1ccc(Cl)cc1. The molecule has 1 amide bonds. The number of carbonyl (C=O) groups excluding carboxylic acids is 1. The van der Waals surface area contributed by atoms with E-state index in [1.165, 1.54) is 16.3 Å². The second-order valence-electron chi connectivity index (χ2n) is 3.93. The molecule has 0 saturated carbocycles. The fraction of sp³-hybridized carbons (Fsp3) is 0.167. The largest absolute Gasteiger partial charge is 0.368 e. The lowest BCUT2D eigenvalue weighted by Crippen LogP contribution is -2.20. The van der Waals surface area contributed by atoms with Crippen LogP contribution in [-0.2, 0) is 11.3 Å². The van der Waals surface area contributed by atoms with E-state index in [0.717, 1.165) is 0 Å². The Labute approximate surface area is 130 Å². The Bertz CT molecular complexity index is 678. The predicted octanol–water partition coefficient (Wildman–Crippen LogP) is 1.77. The number of benzene rings is 1. The van der Waals surface area contributed by atoms with Crippen LogP contribution in [0.25, 0.3) is 0 Å². The molecular weight excluding hydrogens is 312 g/mol. The number of nitrogens with zero attached hydrogens (tertiary/aromatic N) is 4. The van der Waals surface area contributed by atoms with E-state index < -0.39 is 0 Å². The Kier molecular flexibility index (Phi) is 5.03. The van der Waals surface area contributed by atoms with Crippen molar-refractivity contribution in [2.75, 3.05) is 16.8 Å². The average molecular weight is 323 g/mol. The third kappa shape index (κ3) is 4.11. The smallest absolute Gasteiger partial charge is 0.244 e. The van der Waals surface area contributed by atoms with Crippen molar-refractivity contribution in [3.8, 4) is 6.07 Å². The molecule has 0 aliphatic carbocycles. The summed E-state index contributed by atoms with van der Waals surface area (Å²) in [5.41, 5.74) is 6.30. The molecule has 0 unspecified atom stereocenters. The summed E-state index contributed by atoms with van der Waals surface area (Å²) in [6, 6.07) is 8.73. The molecule has 0 aliphatic rings. The Balaban J connectivity index is 2.04. The summed E-state index contributed by atoms with van der Waals surface area (Å²) >= 11 is 6.94. The molecule has 0 spiro atoms. The van der Waals surface area contributed by atoms with Gasteiger partial charge in [0.1, 0.15) is 6.54 Å². The molecule has 0 atom stereocenters. The minimum atomic E-state index is -0.275. The third-order valence-electron chi connectivity index (χ3n) is 2.44. The molecule has 1 aromatic carbocycles. The maximum Gasteiger partial charge on any atom is 0.244 e. The van der Waals surface area contributed by atoms with Crippen LogP contribution in [0.15, 0.2) is 29.4 Å². The number of halogens is 1. The van der Waals surface area contributed by atoms with Gasteiger partial charge in [-0.25, -0.2) is 0 Å². The molecule has 108 valence electrons. The first kappa shape index (κ1) is 15.2. The van der Waals surface area contributed by atoms with Crippen LogP contribution in [0.1, 0.15) is 0 Å². The van der Waals surface area contributed by atoms with E-state index in [1.54, 1.807) is 24.3 Å². The number of nitrogens with one attached hydrogen (secondary N) is 1. The molecule has 1 aromatic heterocycles. The number of carbonyl (C=O) groups is 1. The summed E-state index contributed by atoms with van der Waals surface area (Å²) in [6.45, 7) is -0.0325. The number of nitriles is 1. The maximum atomic E-state index is 12.0. The summed E-state index contributed by atoms with van der Waals surface area (Å²) in [7, 11) is 0. The van der Waals surface area contributed by atoms with E-state index in [2.05, 4.69) is 15.5 Å². The van der Waals surface area contributed by atoms with Crippen molar-refractivity contribution in [2.24, 2.45) is 0 Å². The Morgan fingerprint density at radius 3 is 2.81 bits per heavy atom. The van der Waals surface area contributed by atoms with E-state index in [1.807, 2.05) is 6.07 Å². The van der Waals surface area contributed by atoms with Gasteiger partial charge in [-0.05, 0) is 24.3 Å². The van der Waals surface area contributed by atoms with Crippen molar-refractivity contribution in [3.05, 3.63) is 29.3 Å². The highest BCUT2D eigenvalue weighted by Gasteiger charge is 2.13. The molecular formula is C12H11ClN6OS. The topological polar surface area (TPSA) is 110 Å². The standard InChI is InChI=1S/C12H11ClN6OS/c13-8-1-3-9(4-2-8)16-10(20)7-19-11(15)17-18-12(19)21-6-5-14/h1-4H,6-7H2,(H2,15,17)(H,16,20). The van der Waals surface area contributed by atoms with Crippen molar-refractivity contribution in [3.63, 3.8) is 0 Å². The van der Waals surface area contributed by atoms with Gasteiger partial charge in [-0.2, -0.15) is 5.26 Å². The van der Waals surface area contributed by atoms with E-state index in [-0.39, 0.29) is 24.2 Å². The van der Waals surface area contributed by atoms with Gasteiger partial charge in [0.2, 0.25) is 11.9 Å². The van der Waals surface area contributed by atoms with Crippen molar-refractivity contribution in [2.45, 2.75) is 11.7 Å². The van der Waals surface area contributed by atoms with Gasteiger partial charge >= 0.3 is 0 Å². The summed E-state index contributed by atoms with van der Waals surface area (Å²) < 4.78 is 1.45. The molecule has 2 rings (SSSR count). The van der Waals surface area contributed by atoms with Crippen LogP contribution in [0, 0.1) is 11.3 Å². The first-order valence-corrected chi connectivity index (χ1v) is 7.20. The van der Waals surface area contributed by atoms with Crippen LogP contribution in [-0.4, -0.2) is 26.4 Å². The van der Waals surface area contributed by atoms with E-state index in [9.17, 15) is 4.79 Å². The van der Waals surface area contributed by atoms with Crippen molar-refractivity contribution in [1.82, 2.24) is 14.8 Å². The molecule has 3 N–H and O–H groups in total. The Morgan fingerprint density at radius 2 is 2.14 bits per heavy atom.